The number of hydrogen-bond donors (Lipinski definition) is 1. The predicted molar refractivity (Wildman–Crippen MR) is 63.1 cm³/mol. The third kappa shape index (κ3) is 4.44. The van der Waals surface area contributed by atoms with Crippen molar-refractivity contribution in [1.82, 2.24) is 6.15 Å². The Morgan fingerprint density at radius 2 is 1.86 bits per heavy atom. The topological polar surface area (TPSA) is 52.1 Å². The van der Waals surface area contributed by atoms with Crippen LogP contribution in [0.4, 0.5) is 0 Å². The molecular weight excluding hydrogens is 194 g/mol. The van der Waals surface area contributed by atoms with Gasteiger partial charge in [-0.05, 0) is 5.92 Å². The molecule has 1 rings (SSSR count). The fourth-order valence-electron chi connectivity index (χ4n) is 0.900. The van der Waals surface area contributed by atoms with E-state index in [9.17, 15) is 4.79 Å². The van der Waals surface area contributed by atoms with Crippen LogP contribution in [0.1, 0.15) is 24.2 Å². The molecule has 0 atom stereocenters. The number of thioether (sulfide) groups is 1. The number of benzene rings is 1. The van der Waals surface area contributed by atoms with E-state index < -0.39 is 0 Å². The van der Waals surface area contributed by atoms with Crippen molar-refractivity contribution in [2.45, 2.75) is 13.8 Å². The molecule has 0 aliphatic rings. The Labute approximate surface area is 89.7 Å². The average Bonchev–Trinajstić information content (AvgIpc) is 2.15. The lowest BCUT2D eigenvalue weighted by Crippen LogP contribution is -1.98. The molecule has 0 radical (unpaired) electrons. The minimum atomic E-state index is 0. The van der Waals surface area contributed by atoms with E-state index in [0.29, 0.717) is 5.92 Å². The van der Waals surface area contributed by atoms with Crippen molar-refractivity contribution in [3.8, 4) is 0 Å². The minimum absolute atomic E-state index is 0. The first-order valence-corrected chi connectivity index (χ1v) is 5.41. The Kier molecular flexibility index (Phi) is 6.25. The highest BCUT2D eigenvalue weighted by molar-refractivity contribution is 8.14. The van der Waals surface area contributed by atoms with E-state index in [2.05, 4.69) is 13.8 Å². The number of carbonyl (C=O) groups excluding carboxylic acids is 1. The van der Waals surface area contributed by atoms with Gasteiger partial charge in [0.15, 0.2) is 0 Å². The van der Waals surface area contributed by atoms with Gasteiger partial charge in [0.05, 0.1) is 0 Å². The van der Waals surface area contributed by atoms with Crippen molar-refractivity contribution >= 4 is 16.9 Å². The van der Waals surface area contributed by atoms with Gasteiger partial charge in [-0.3, -0.25) is 4.79 Å². The lowest BCUT2D eigenvalue weighted by Gasteiger charge is -2.02. The van der Waals surface area contributed by atoms with Crippen molar-refractivity contribution < 1.29 is 4.79 Å². The van der Waals surface area contributed by atoms with Crippen molar-refractivity contribution in [2.24, 2.45) is 5.92 Å². The molecular formula is C11H17NOS. The Morgan fingerprint density at radius 1 is 1.29 bits per heavy atom. The maximum Gasteiger partial charge on any atom is 0.219 e. The van der Waals surface area contributed by atoms with Crippen molar-refractivity contribution in [1.29, 1.82) is 0 Å². The predicted octanol–water partition coefficient (Wildman–Crippen LogP) is 3.38. The lowest BCUT2D eigenvalue weighted by molar-refractivity contribution is 0.108. The maximum absolute atomic E-state index is 11.5. The van der Waals surface area contributed by atoms with Gasteiger partial charge in [-0.15, -0.1) is 0 Å². The molecule has 0 aliphatic heterocycles. The first-order chi connectivity index (χ1) is 6.20. The Balaban J connectivity index is 0.00000169. The van der Waals surface area contributed by atoms with Gasteiger partial charge in [0.25, 0.3) is 0 Å². The zero-order chi connectivity index (χ0) is 9.68. The molecule has 0 aromatic heterocycles. The molecule has 0 saturated heterocycles. The summed E-state index contributed by atoms with van der Waals surface area (Å²) in [6.07, 6.45) is 0. The molecule has 14 heavy (non-hydrogen) atoms. The highest BCUT2D eigenvalue weighted by Crippen LogP contribution is 2.14. The highest BCUT2D eigenvalue weighted by Gasteiger charge is 2.05. The standard InChI is InChI=1S/C11H14OS.H3N/c1-9(2)8-13-11(12)10-6-4-3-5-7-10;/h3-7,9H,8H2,1-2H3;1H3. The van der Waals surface area contributed by atoms with E-state index in [1.807, 2.05) is 30.3 Å². The molecule has 2 nitrogen and oxygen atoms in total. The molecule has 0 unspecified atom stereocenters. The van der Waals surface area contributed by atoms with Crippen LogP contribution in [-0.2, 0) is 0 Å². The Bertz CT molecular complexity index is 272. The lowest BCUT2D eigenvalue weighted by atomic mass is 10.2. The van der Waals surface area contributed by atoms with Crippen LogP contribution in [0, 0.1) is 5.92 Å². The summed E-state index contributed by atoms with van der Waals surface area (Å²) < 4.78 is 0. The molecule has 78 valence electrons. The molecule has 1 aromatic rings. The van der Waals surface area contributed by atoms with Gasteiger partial charge in [-0.25, -0.2) is 0 Å². The minimum Gasteiger partial charge on any atom is -0.344 e. The number of rotatable bonds is 3. The smallest absolute Gasteiger partial charge is 0.219 e. The summed E-state index contributed by atoms with van der Waals surface area (Å²) in [5.74, 6) is 1.46. The SMILES string of the molecule is CC(C)CSC(=O)c1ccccc1.N. The van der Waals surface area contributed by atoms with E-state index in [1.165, 1.54) is 11.8 Å². The fourth-order valence-corrected chi connectivity index (χ4v) is 1.69. The molecule has 0 heterocycles. The van der Waals surface area contributed by atoms with E-state index in [0.717, 1.165) is 11.3 Å². The van der Waals surface area contributed by atoms with Crippen LogP contribution in [0.3, 0.4) is 0 Å². The van der Waals surface area contributed by atoms with Crippen LogP contribution in [0.15, 0.2) is 30.3 Å². The molecule has 0 bridgehead atoms. The van der Waals surface area contributed by atoms with Crippen LogP contribution >= 0.6 is 11.8 Å². The largest absolute Gasteiger partial charge is 0.344 e. The summed E-state index contributed by atoms with van der Waals surface area (Å²) in [5, 5.41) is 0.175. The first kappa shape index (κ1) is 13.2. The third-order valence-corrected chi connectivity index (χ3v) is 2.89. The van der Waals surface area contributed by atoms with Crippen LogP contribution in [0.25, 0.3) is 0 Å². The van der Waals surface area contributed by atoms with Crippen LogP contribution < -0.4 is 6.15 Å². The second-order valence-electron chi connectivity index (χ2n) is 3.36. The van der Waals surface area contributed by atoms with Gasteiger partial charge in [-0.1, -0.05) is 55.9 Å². The first-order valence-electron chi connectivity index (χ1n) is 4.42. The molecule has 3 N–H and O–H groups in total. The van der Waals surface area contributed by atoms with E-state index >= 15 is 0 Å². The Hall–Kier alpha value is -0.800. The summed E-state index contributed by atoms with van der Waals surface area (Å²) in [7, 11) is 0. The molecule has 0 saturated carbocycles. The van der Waals surface area contributed by atoms with E-state index in [-0.39, 0.29) is 11.3 Å². The van der Waals surface area contributed by atoms with Gasteiger partial charge in [0, 0.05) is 11.3 Å². The van der Waals surface area contributed by atoms with Crippen LogP contribution in [0.2, 0.25) is 0 Å². The monoisotopic (exact) mass is 211 g/mol. The van der Waals surface area contributed by atoms with Gasteiger partial charge in [0.2, 0.25) is 5.12 Å². The third-order valence-electron chi connectivity index (χ3n) is 1.56. The zero-order valence-electron chi connectivity index (χ0n) is 8.69. The van der Waals surface area contributed by atoms with Gasteiger partial charge < -0.3 is 6.15 Å². The summed E-state index contributed by atoms with van der Waals surface area (Å²) in [5.41, 5.74) is 0.799. The van der Waals surface area contributed by atoms with Gasteiger partial charge in [0.1, 0.15) is 0 Å². The highest BCUT2D eigenvalue weighted by atomic mass is 32.2. The number of hydrogen-bond acceptors (Lipinski definition) is 3. The van der Waals surface area contributed by atoms with Crippen LogP contribution in [0.5, 0.6) is 0 Å². The van der Waals surface area contributed by atoms with E-state index in [4.69, 9.17) is 0 Å². The van der Waals surface area contributed by atoms with Gasteiger partial charge in [-0.2, -0.15) is 0 Å². The molecule has 0 aliphatic carbocycles. The fraction of sp³-hybridized carbons (Fsp3) is 0.364. The van der Waals surface area contributed by atoms with Crippen molar-refractivity contribution in [3.63, 3.8) is 0 Å². The van der Waals surface area contributed by atoms with Crippen LogP contribution in [-0.4, -0.2) is 10.9 Å². The summed E-state index contributed by atoms with van der Waals surface area (Å²) >= 11 is 1.40. The molecule has 1 aromatic carbocycles. The molecule has 0 amide bonds. The van der Waals surface area contributed by atoms with E-state index in [1.54, 1.807) is 0 Å². The number of carbonyl (C=O) groups is 1. The van der Waals surface area contributed by atoms with Crippen molar-refractivity contribution in [3.05, 3.63) is 35.9 Å². The normalized spacial score (nSPS) is 9.64. The second kappa shape index (κ2) is 6.62. The average molecular weight is 211 g/mol. The Morgan fingerprint density at radius 3 is 2.36 bits per heavy atom. The van der Waals surface area contributed by atoms with Crippen molar-refractivity contribution in [2.75, 3.05) is 5.75 Å². The molecule has 0 fully saturated rings. The summed E-state index contributed by atoms with van der Waals surface area (Å²) in [4.78, 5) is 11.5. The molecule has 0 spiro atoms. The zero-order valence-corrected chi connectivity index (χ0v) is 9.51. The van der Waals surface area contributed by atoms with Gasteiger partial charge >= 0.3 is 0 Å². The summed E-state index contributed by atoms with van der Waals surface area (Å²) in [6.45, 7) is 4.23. The molecule has 3 heteroatoms. The second-order valence-corrected chi connectivity index (χ2v) is 4.35. The maximum atomic E-state index is 11.5. The quantitative estimate of drug-likeness (QED) is 0.833. The summed E-state index contributed by atoms with van der Waals surface area (Å²) in [6, 6.07) is 9.42.